The van der Waals surface area contributed by atoms with E-state index in [1.807, 2.05) is 0 Å². The molecule has 0 fully saturated rings. The summed E-state index contributed by atoms with van der Waals surface area (Å²) in [5.74, 6) is -0.246. The normalized spacial score (nSPS) is 9.86. The molecule has 1 heterocycles. The van der Waals surface area contributed by atoms with Gasteiger partial charge < -0.3 is 10.1 Å². The summed E-state index contributed by atoms with van der Waals surface area (Å²) in [5.41, 5.74) is 0.314. The fraction of sp³-hybridized carbons (Fsp3) is 0.333. The van der Waals surface area contributed by atoms with Crippen molar-refractivity contribution in [1.82, 2.24) is 10.3 Å². The van der Waals surface area contributed by atoms with E-state index in [0.717, 1.165) is 0 Å². The van der Waals surface area contributed by atoms with Gasteiger partial charge in [-0.3, -0.25) is 9.78 Å². The molecule has 4 nitrogen and oxygen atoms in total. The van der Waals surface area contributed by atoms with Crippen LogP contribution in [0.4, 0.5) is 0 Å². The summed E-state index contributed by atoms with van der Waals surface area (Å²) < 4.78 is 4.79. The highest BCUT2D eigenvalue weighted by Crippen LogP contribution is 2.07. The number of carbonyl (C=O) groups excluding carboxylic acids is 1. The molecule has 14 heavy (non-hydrogen) atoms. The smallest absolute Gasteiger partial charge is 0.270 e. The predicted molar refractivity (Wildman–Crippen MR) is 53.5 cm³/mol. The molecule has 0 atom stereocenters. The van der Waals surface area contributed by atoms with Crippen LogP contribution in [0.5, 0.6) is 0 Å². The molecule has 0 saturated heterocycles. The lowest BCUT2D eigenvalue weighted by atomic mass is 10.3. The molecule has 0 aromatic carbocycles. The van der Waals surface area contributed by atoms with Gasteiger partial charge in [-0.1, -0.05) is 11.6 Å². The Balaban J connectivity index is 2.52. The molecule has 0 saturated carbocycles. The summed E-state index contributed by atoms with van der Waals surface area (Å²) in [6, 6.07) is 3.14. The summed E-state index contributed by atoms with van der Waals surface area (Å²) in [5, 5.41) is 3.14. The summed E-state index contributed by atoms with van der Waals surface area (Å²) >= 11 is 5.71. The molecule has 0 spiro atoms. The Bertz CT molecular complexity index is 317. The number of carbonyl (C=O) groups is 1. The van der Waals surface area contributed by atoms with E-state index in [-0.39, 0.29) is 5.91 Å². The highest BCUT2D eigenvalue weighted by atomic mass is 35.5. The van der Waals surface area contributed by atoms with Crippen LogP contribution in [-0.2, 0) is 4.74 Å². The number of ether oxygens (including phenoxy) is 1. The number of nitrogens with one attached hydrogen (secondary N) is 1. The molecular formula is C9H11ClN2O2. The molecule has 5 heteroatoms. The van der Waals surface area contributed by atoms with E-state index in [4.69, 9.17) is 16.3 Å². The maximum Gasteiger partial charge on any atom is 0.270 e. The van der Waals surface area contributed by atoms with Crippen molar-refractivity contribution in [2.45, 2.75) is 0 Å². The lowest BCUT2D eigenvalue weighted by Gasteiger charge is -2.03. The average Bonchev–Trinajstić information content (AvgIpc) is 2.18. The Morgan fingerprint density at radius 2 is 2.50 bits per heavy atom. The van der Waals surface area contributed by atoms with Gasteiger partial charge in [0.2, 0.25) is 0 Å². The summed E-state index contributed by atoms with van der Waals surface area (Å²) in [7, 11) is 1.57. The van der Waals surface area contributed by atoms with Crippen molar-refractivity contribution >= 4 is 17.5 Å². The van der Waals surface area contributed by atoms with Gasteiger partial charge in [-0.25, -0.2) is 0 Å². The van der Waals surface area contributed by atoms with Crippen LogP contribution in [0.3, 0.4) is 0 Å². The molecule has 0 aliphatic heterocycles. The fourth-order valence-electron chi connectivity index (χ4n) is 0.886. The number of rotatable bonds is 4. The molecule has 1 amide bonds. The number of hydrogen-bond donors (Lipinski definition) is 1. The van der Waals surface area contributed by atoms with E-state index in [9.17, 15) is 4.79 Å². The van der Waals surface area contributed by atoms with Crippen LogP contribution >= 0.6 is 11.6 Å². The second-order valence-electron chi connectivity index (χ2n) is 2.61. The Labute approximate surface area is 87.2 Å². The van der Waals surface area contributed by atoms with E-state index >= 15 is 0 Å². The van der Waals surface area contributed by atoms with Crippen molar-refractivity contribution in [1.29, 1.82) is 0 Å². The van der Waals surface area contributed by atoms with Crippen LogP contribution in [0.15, 0.2) is 18.3 Å². The van der Waals surface area contributed by atoms with E-state index in [1.54, 1.807) is 13.2 Å². The minimum Gasteiger partial charge on any atom is -0.383 e. The minimum absolute atomic E-state index is 0.246. The fourth-order valence-corrected chi connectivity index (χ4v) is 1.05. The zero-order chi connectivity index (χ0) is 10.4. The molecule has 1 N–H and O–H groups in total. The van der Waals surface area contributed by atoms with E-state index in [1.165, 1.54) is 12.3 Å². The van der Waals surface area contributed by atoms with E-state index in [2.05, 4.69) is 10.3 Å². The maximum atomic E-state index is 11.4. The zero-order valence-corrected chi connectivity index (χ0v) is 8.54. The van der Waals surface area contributed by atoms with Crippen molar-refractivity contribution in [3.63, 3.8) is 0 Å². The van der Waals surface area contributed by atoms with E-state index < -0.39 is 0 Å². The van der Waals surface area contributed by atoms with Crippen molar-refractivity contribution in [3.8, 4) is 0 Å². The second-order valence-corrected chi connectivity index (χ2v) is 3.04. The molecule has 0 aliphatic rings. The Hall–Kier alpha value is -1.13. The molecular weight excluding hydrogens is 204 g/mol. The lowest BCUT2D eigenvalue weighted by molar-refractivity contribution is 0.0932. The van der Waals surface area contributed by atoms with Crippen LogP contribution in [0.1, 0.15) is 10.5 Å². The van der Waals surface area contributed by atoms with Gasteiger partial charge in [-0.05, 0) is 12.1 Å². The second kappa shape index (κ2) is 5.57. The van der Waals surface area contributed by atoms with Gasteiger partial charge in [0.05, 0.1) is 6.61 Å². The molecule has 0 unspecified atom stereocenters. The third kappa shape index (κ3) is 3.32. The molecule has 1 aromatic rings. The van der Waals surface area contributed by atoms with Crippen LogP contribution in [-0.4, -0.2) is 31.2 Å². The van der Waals surface area contributed by atoms with Gasteiger partial charge >= 0.3 is 0 Å². The monoisotopic (exact) mass is 214 g/mol. The molecule has 0 bridgehead atoms. The Morgan fingerprint density at radius 1 is 1.71 bits per heavy atom. The van der Waals surface area contributed by atoms with Crippen LogP contribution in [0.25, 0.3) is 0 Å². The first-order valence-electron chi connectivity index (χ1n) is 4.12. The molecule has 1 rings (SSSR count). The van der Waals surface area contributed by atoms with E-state index in [0.29, 0.717) is 23.9 Å². The van der Waals surface area contributed by atoms with Gasteiger partial charge in [0, 0.05) is 24.9 Å². The van der Waals surface area contributed by atoms with Gasteiger partial charge in [0.1, 0.15) is 5.69 Å². The van der Waals surface area contributed by atoms with Gasteiger partial charge in [-0.2, -0.15) is 0 Å². The molecule has 76 valence electrons. The van der Waals surface area contributed by atoms with Gasteiger partial charge in [-0.15, -0.1) is 0 Å². The topological polar surface area (TPSA) is 51.2 Å². The third-order valence-corrected chi connectivity index (χ3v) is 1.78. The van der Waals surface area contributed by atoms with Crippen molar-refractivity contribution in [2.24, 2.45) is 0 Å². The van der Waals surface area contributed by atoms with Crippen molar-refractivity contribution in [2.75, 3.05) is 20.3 Å². The highest BCUT2D eigenvalue weighted by molar-refractivity contribution is 6.30. The summed E-state index contributed by atoms with van der Waals surface area (Å²) in [6.07, 6.45) is 1.49. The minimum atomic E-state index is -0.246. The number of aromatic nitrogens is 1. The van der Waals surface area contributed by atoms with Crippen LogP contribution in [0, 0.1) is 0 Å². The molecule has 0 radical (unpaired) electrons. The lowest BCUT2D eigenvalue weighted by Crippen LogP contribution is -2.27. The number of halogens is 1. The first-order valence-corrected chi connectivity index (χ1v) is 4.50. The quantitative estimate of drug-likeness (QED) is 0.764. The number of methoxy groups -OCH3 is 1. The van der Waals surface area contributed by atoms with Crippen molar-refractivity contribution < 1.29 is 9.53 Å². The van der Waals surface area contributed by atoms with Crippen LogP contribution in [0.2, 0.25) is 5.02 Å². The summed E-state index contributed by atoms with van der Waals surface area (Å²) in [6.45, 7) is 0.940. The number of hydrogen-bond acceptors (Lipinski definition) is 3. The third-order valence-electron chi connectivity index (χ3n) is 1.55. The average molecular weight is 215 g/mol. The Kier molecular flexibility index (Phi) is 4.35. The largest absolute Gasteiger partial charge is 0.383 e. The van der Waals surface area contributed by atoms with Gasteiger partial charge in [0.15, 0.2) is 0 Å². The van der Waals surface area contributed by atoms with Crippen molar-refractivity contribution in [3.05, 3.63) is 29.0 Å². The van der Waals surface area contributed by atoms with Crippen LogP contribution < -0.4 is 5.32 Å². The summed E-state index contributed by atoms with van der Waals surface area (Å²) in [4.78, 5) is 15.3. The number of amides is 1. The first kappa shape index (κ1) is 10.9. The molecule has 1 aromatic heterocycles. The SMILES string of the molecule is COCCNC(=O)c1cc(Cl)ccn1. The first-order chi connectivity index (χ1) is 6.74. The standard InChI is InChI=1S/C9H11ClN2O2/c1-14-5-4-12-9(13)8-6-7(10)2-3-11-8/h2-3,6H,4-5H2,1H3,(H,12,13). The number of nitrogens with zero attached hydrogens (tertiary/aromatic N) is 1. The maximum absolute atomic E-state index is 11.4. The highest BCUT2D eigenvalue weighted by Gasteiger charge is 2.05. The Morgan fingerprint density at radius 3 is 3.14 bits per heavy atom. The zero-order valence-electron chi connectivity index (χ0n) is 7.79. The number of pyridine rings is 1. The van der Waals surface area contributed by atoms with Gasteiger partial charge in [0.25, 0.3) is 5.91 Å². The predicted octanol–water partition coefficient (Wildman–Crippen LogP) is 1.11. The molecule has 0 aliphatic carbocycles.